The van der Waals surface area contributed by atoms with Crippen molar-refractivity contribution in [3.8, 4) is 11.3 Å². The molecule has 2 amide bonds. The third kappa shape index (κ3) is 5.35. The molecule has 10 heteroatoms. The molecule has 8 nitrogen and oxygen atoms in total. The molecular formula is C26H33FN4O4S. The van der Waals surface area contributed by atoms with E-state index < -0.39 is 36.2 Å². The number of ketones is 1. The fraction of sp³-hybridized carbons (Fsp3) is 0.538. The van der Waals surface area contributed by atoms with Crippen molar-refractivity contribution in [2.75, 3.05) is 27.2 Å². The molecule has 0 spiro atoms. The number of aromatic nitrogens is 1. The van der Waals surface area contributed by atoms with Gasteiger partial charge >= 0.3 is 0 Å². The highest BCUT2D eigenvalue weighted by atomic mass is 32.1. The second-order valence-electron chi connectivity index (χ2n) is 10.1. The molecular weight excluding hydrogens is 483 g/mol. The standard InChI is InChI=1S/C26H33FN4O4S/c1-14(2)10-19(26(34)31-11-18(27)23-22(31)21(32)12-35-23)28-24(33)17-8-6-16(7-9-17)20-13-36-25(29-20)15(3)30(4)5/h6-9,13-15,18-19,22-23H,10-12H2,1-5H3,(H,28,33)/t15-,18-,19-,22+,23+/m0/s1. The van der Waals surface area contributed by atoms with Gasteiger partial charge < -0.3 is 19.9 Å². The van der Waals surface area contributed by atoms with Gasteiger partial charge in [0.05, 0.1) is 18.3 Å². The number of hydrogen-bond donors (Lipinski definition) is 1. The van der Waals surface area contributed by atoms with E-state index in [0.29, 0.717) is 12.0 Å². The molecule has 36 heavy (non-hydrogen) atoms. The summed E-state index contributed by atoms with van der Waals surface area (Å²) in [5.74, 6) is -1.06. The molecule has 5 atom stereocenters. The molecule has 194 valence electrons. The zero-order valence-electron chi connectivity index (χ0n) is 21.2. The summed E-state index contributed by atoms with van der Waals surface area (Å²) in [6.45, 7) is 5.57. The van der Waals surface area contributed by atoms with Gasteiger partial charge in [-0.1, -0.05) is 26.0 Å². The van der Waals surface area contributed by atoms with Crippen LogP contribution >= 0.6 is 11.3 Å². The molecule has 4 rings (SSSR count). The lowest BCUT2D eigenvalue weighted by atomic mass is 10.0. The molecule has 1 N–H and O–H groups in total. The van der Waals surface area contributed by atoms with E-state index in [2.05, 4.69) is 17.1 Å². The zero-order chi connectivity index (χ0) is 26.1. The number of nitrogens with zero attached hydrogens (tertiary/aromatic N) is 3. The summed E-state index contributed by atoms with van der Waals surface area (Å²) in [7, 11) is 4.02. The first-order valence-electron chi connectivity index (χ1n) is 12.2. The Morgan fingerprint density at radius 3 is 2.58 bits per heavy atom. The highest BCUT2D eigenvalue weighted by molar-refractivity contribution is 7.10. The summed E-state index contributed by atoms with van der Waals surface area (Å²) in [5, 5.41) is 5.83. The number of fused-ring (bicyclic) bond motifs is 1. The van der Waals surface area contributed by atoms with Crippen LogP contribution in [0.5, 0.6) is 0 Å². The lowest BCUT2D eigenvalue weighted by molar-refractivity contribution is -0.138. The molecule has 0 aliphatic carbocycles. The van der Waals surface area contributed by atoms with Crippen LogP contribution in [0, 0.1) is 5.92 Å². The topological polar surface area (TPSA) is 91.8 Å². The third-order valence-corrected chi connectivity index (χ3v) is 7.83. The fourth-order valence-corrected chi connectivity index (χ4v) is 5.56. The Morgan fingerprint density at radius 1 is 1.25 bits per heavy atom. The molecule has 3 heterocycles. The van der Waals surface area contributed by atoms with Crippen molar-refractivity contribution >= 4 is 28.9 Å². The van der Waals surface area contributed by atoms with Gasteiger partial charge in [-0.25, -0.2) is 9.37 Å². The lowest BCUT2D eigenvalue weighted by Gasteiger charge is -2.28. The van der Waals surface area contributed by atoms with Gasteiger partial charge in [-0.3, -0.25) is 14.4 Å². The van der Waals surface area contributed by atoms with Crippen molar-refractivity contribution in [3.63, 3.8) is 0 Å². The second-order valence-corrected chi connectivity index (χ2v) is 11.0. The van der Waals surface area contributed by atoms with E-state index in [-0.39, 0.29) is 30.9 Å². The zero-order valence-corrected chi connectivity index (χ0v) is 22.0. The number of alkyl halides is 1. The number of amides is 2. The van der Waals surface area contributed by atoms with Crippen molar-refractivity contribution in [1.29, 1.82) is 0 Å². The van der Waals surface area contributed by atoms with Gasteiger partial charge in [-0.2, -0.15) is 0 Å². The van der Waals surface area contributed by atoms with Gasteiger partial charge in [-0.05, 0) is 45.5 Å². The predicted octanol–water partition coefficient (Wildman–Crippen LogP) is 3.09. The van der Waals surface area contributed by atoms with E-state index in [1.165, 1.54) is 4.90 Å². The molecule has 0 radical (unpaired) electrons. The second kappa shape index (κ2) is 10.7. The number of thiazole rings is 1. The number of halogens is 1. The summed E-state index contributed by atoms with van der Waals surface area (Å²) in [4.78, 5) is 46.7. The van der Waals surface area contributed by atoms with Crippen LogP contribution in [0.25, 0.3) is 11.3 Å². The van der Waals surface area contributed by atoms with Crippen molar-refractivity contribution < 1.29 is 23.5 Å². The van der Waals surface area contributed by atoms with E-state index in [0.717, 1.165) is 16.3 Å². The summed E-state index contributed by atoms with van der Waals surface area (Å²) in [6, 6.07) is 5.48. The fourth-order valence-electron chi connectivity index (χ4n) is 4.58. The van der Waals surface area contributed by atoms with Crippen molar-refractivity contribution in [3.05, 3.63) is 40.2 Å². The summed E-state index contributed by atoms with van der Waals surface area (Å²) < 4.78 is 19.7. The van der Waals surface area contributed by atoms with E-state index in [9.17, 15) is 18.8 Å². The van der Waals surface area contributed by atoms with Crippen LogP contribution < -0.4 is 5.32 Å². The normalized spacial score (nSPS) is 23.3. The van der Waals surface area contributed by atoms with E-state index in [1.807, 2.05) is 45.5 Å². The van der Waals surface area contributed by atoms with Crippen molar-refractivity contribution in [1.82, 2.24) is 20.1 Å². The monoisotopic (exact) mass is 516 g/mol. The Balaban J connectivity index is 1.47. The maximum Gasteiger partial charge on any atom is 0.251 e. The Kier molecular flexibility index (Phi) is 7.87. The van der Waals surface area contributed by atoms with Gasteiger partial charge in [0.2, 0.25) is 5.91 Å². The molecule has 2 aliphatic rings. The maximum atomic E-state index is 14.4. The number of nitrogens with one attached hydrogen (secondary N) is 1. The molecule has 1 aromatic carbocycles. The molecule has 0 saturated carbocycles. The van der Waals surface area contributed by atoms with Crippen LogP contribution in [-0.2, 0) is 14.3 Å². The van der Waals surface area contributed by atoms with Gasteiger partial charge in [0.15, 0.2) is 5.78 Å². The Bertz CT molecular complexity index is 1120. The van der Waals surface area contributed by atoms with E-state index >= 15 is 0 Å². The number of rotatable bonds is 8. The average Bonchev–Trinajstić information content (AvgIpc) is 3.55. The number of carbonyl (C=O) groups is 3. The van der Waals surface area contributed by atoms with Crippen molar-refractivity contribution in [2.45, 2.75) is 57.6 Å². The summed E-state index contributed by atoms with van der Waals surface area (Å²) in [5.41, 5.74) is 2.14. The third-order valence-electron chi connectivity index (χ3n) is 6.81. The van der Waals surface area contributed by atoms with Gasteiger partial charge in [-0.15, -0.1) is 11.3 Å². The molecule has 1 aromatic heterocycles. The van der Waals surface area contributed by atoms with Gasteiger partial charge in [0.1, 0.15) is 36.0 Å². The number of hydrogen-bond acceptors (Lipinski definition) is 7. The molecule has 2 saturated heterocycles. The largest absolute Gasteiger partial charge is 0.365 e. The Morgan fingerprint density at radius 2 is 1.94 bits per heavy atom. The SMILES string of the molecule is CC(C)C[C@H](NC(=O)c1ccc(-c2csc([C@H](C)N(C)C)n2)cc1)C(=O)N1C[C@H](F)[C@H]2OCC(=O)[C@H]21. The number of ether oxygens (including phenoxy) is 1. The molecule has 2 aliphatic heterocycles. The summed E-state index contributed by atoms with van der Waals surface area (Å²) >= 11 is 1.59. The minimum absolute atomic E-state index is 0.0974. The minimum atomic E-state index is -1.42. The number of carbonyl (C=O) groups excluding carboxylic acids is 3. The predicted molar refractivity (Wildman–Crippen MR) is 136 cm³/mol. The molecule has 2 aromatic rings. The number of Topliss-reactive ketones (excluding diaryl/α,β-unsaturated/α-hetero) is 1. The highest BCUT2D eigenvalue weighted by Gasteiger charge is 2.53. The number of benzene rings is 1. The quantitative estimate of drug-likeness (QED) is 0.580. The minimum Gasteiger partial charge on any atom is -0.365 e. The first kappa shape index (κ1) is 26.4. The molecule has 0 bridgehead atoms. The van der Waals surface area contributed by atoms with Crippen LogP contribution in [0.3, 0.4) is 0 Å². The molecule has 2 fully saturated rings. The lowest BCUT2D eigenvalue weighted by Crippen LogP contribution is -2.52. The Labute approximate surface area is 214 Å². The highest BCUT2D eigenvalue weighted by Crippen LogP contribution is 2.31. The van der Waals surface area contributed by atoms with Crippen LogP contribution in [0.2, 0.25) is 0 Å². The number of likely N-dealkylation sites (tertiary alicyclic amines) is 1. The van der Waals surface area contributed by atoms with Crippen LogP contribution in [0.4, 0.5) is 4.39 Å². The average molecular weight is 517 g/mol. The maximum absolute atomic E-state index is 14.4. The van der Waals surface area contributed by atoms with E-state index in [1.54, 1.807) is 23.5 Å². The van der Waals surface area contributed by atoms with Crippen molar-refractivity contribution in [2.24, 2.45) is 5.92 Å². The first-order chi connectivity index (χ1) is 17.1. The van der Waals surface area contributed by atoms with Crippen LogP contribution in [-0.4, -0.2) is 84.0 Å². The molecule has 0 unspecified atom stereocenters. The van der Waals surface area contributed by atoms with Crippen LogP contribution in [0.1, 0.15) is 48.6 Å². The summed E-state index contributed by atoms with van der Waals surface area (Å²) in [6.07, 6.45) is -1.97. The van der Waals surface area contributed by atoms with Crippen LogP contribution in [0.15, 0.2) is 29.6 Å². The first-order valence-corrected chi connectivity index (χ1v) is 13.1. The smallest absolute Gasteiger partial charge is 0.251 e. The van der Waals surface area contributed by atoms with E-state index in [4.69, 9.17) is 9.72 Å². The Hall–Kier alpha value is -2.69. The van der Waals surface area contributed by atoms with Gasteiger partial charge in [0.25, 0.3) is 5.91 Å². The van der Waals surface area contributed by atoms with Gasteiger partial charge in [0, 0.05) is 16.5 Å².